The predicted octanol–water partition coefficient (Wildman–Crippen LogP) is 6.49. The normalized spacial score (nSPS) is 55.9. The summed E-state index contributed by atoms with van der Waals surface area (Å²) in [5.41, 5.74) is 0. The second-order valence-corrected chi connectivity index (χ2v) is 14.6. The fraction of sp³-hybridized carbons (Fsp3) is 1.00. The standard InChI is InChI=1S/C34H62O8/c1-15-16(2)24(10)37-32(19(15)5)41-29-18(4)21(7)34(39-27(29)13)42-30-17(3)20(6)33(38-26(30)12)40-28-22(8)25(11)36-31(35-14)23(28)9/h15-34H,1-14H3. The molecular weight excluding hydrogens is 536 g/mol. The fourth-order valence-corrected chi connectivity index (χ4v) is 7.67. The van der Waals surface area contributed by atoms with Crippen LogP contribution in [0.2, 0.25) is 0 Å². The minimum atomic E-state index is -0.334. The van der Waals surface area contributed by atoms with Gasteiger partial charge in [0.25, 0.3) is 0 Å². The molecule has 0 N–H and O–H groups in total. The summed E-state index contributed by atoms with van der Waals surface area (Å²) in [6.07, 6.45) is -1.37. The van der Waals surface area contributed by atoms with Gasteiger partial charge in [-0.1, -0.05) is 62.3 Å². The molecule has 4 aliphatic heterocycles. The molecule has 8 nitrogen and oxygen atoms in total. The van der Waals surface area contributed by atoms with Crippen LogP contribution in [0.1, 0.15) is 90.0 Å². The van der Waals surface area contributed by atoms with E-state index in [1.807, 2.05) is 0 Å². The van der Waals surface area contributed by atoms with Crippen molar-refractivity contribution in [3.05, 3.63) is 0 Å². The van der Waals surface area contributed by atoms with Gasteiger partial charge in [0.2, 0.25) is 0 Å². The molecule has 4 fully saturated rings. The molecule has 4 saturated heterocycles. The lowest BCUT2D eigenvalue weighted by Crippen LogP contribution is -2.58. The van der Waals surface area contributed by atoms with Crippen molar-refractivity contribution in [3.63, 3.8) is 0 Å². The first kappa shape index (κ1) is 34.6. The topological polar surface area (TPSA) is 73.8 Å². The molecule has 0 saturated carbocycles. The molecule has 42 heavy (non-hydrogen) atoms. The maximum absolute atomic E-state index is 6.79. The first-order valence-electron chi connectivity index (χ1n) is 16.8. The van der Waals surface area contributed by atoms with Crippen LogP contribution < -0.4 is 0 Å². The molecule has 20 atom stereocenters. The Labute approximate surface area is 256 Å². The van der Waals surface area contributed by atoms with Crippen LogP contribution in [0.5, 0.6) is 0 Å². The van der Waals surface area contributed by atoms with Crippen LogP contribution >= 0.6 is 0 Å². The summed E-state index contributed by atoms with van der Waals surface area (Å²) in [5.74, 6) is 2.47. The quantitative estimate of drug-likeness (QED) is 0.329. The number of methoxy groups -OCH3 is 1. The van der Waals surface area contributed by atoms with Crippen LogP contribution in [0.4, 0.5) is 0 Å². The second kappa shape index (κ2) is 14.0. The summed E-state index contributed by atoms with van der Waals surface area (Å²) in [6.45, 7) is 28.5. The van der Waals surface area contributed by atoms with Crippen LogP contribution in [0.15, 0.2) is 0 Å². The van der Waals surface area contributed by atoms with Crippen LogP contribution in [0.25, 0.3) is 0 Å². The molecule has 4 heterocycles. The summed E-state index contributed by atoms with van der Waals surface area (Å²) in [6, 6.07) is 0. The third kappa shape index (κ3) is 6.76. The molecular formula is C34H62O8. The van der Waals surface area contributed by atoms with Gasteiger partial charge in [-0.25, -0.2) is 0 Å². The lowest BCUT2D eigenvalue weighted by molar-refractivity contribution is -0.353. The molecule has 8 heteroatoms. The average molecular weight is 599 g/mol. The van der Waals surface area contributed by atoms with Gasteiger partial charge in [-0.3, -0.25) is 0 Å². The van der Waals surface area contributed by atoms with E-state index in [-0.39, 0.29) is 103 Å². The number of hydrogen-bond donors (Lipinski definition) is 0. The molecule has 0 spiro atoms. The SMILES string of the molecule is COC1OC(C)C(C)C(OC2OC(C)C(OC3OC(C)C(OC4OC(C)C(C)C(C)C4C)C(C)C3C)C(C)C2C)C1C. The van der Waals surface area contributed by atoms with Crippen LogP contribution in [0.3, 0.4) is 0 Å². The Bertz CT molecular complexity index is 857. The van der Waals surface area contributed by atoms with Gasteiger partial charge < -0.3 is 37.9 Å². The zero-order valence-electron chi connectivity index (χ0n) is 28.8. The van der Waals surface area contributed by atoms with Gasteiger partial charge in [0.1, 0.15) is 0 Å². The maximum atomic E-state index is 6.79. The fourth-order valence-electron chi connectivity index (χ4n) is 7.67. The molecule has 0 aromatic carbocycles. The summed E-state index contributed by atoms with van der Waals surface area (Å²) >= 11 is 0. The van der Waals surface area contributed by atoms with E-state index in [0.29, 0.717) is 17.8 Å². The largest absolute Gasteiger partial charge is 0.355 e. The highest BCUT2D eigenvalue weighted by molar-refractivity contribution is 4.91. The average Bonchev–Trinajstić information content (AvgIpc) is 2.95. The van der Waals surface area contributed by atoms with Crippen molar-refractivity contribution in [1.29, 1.82) is 0 Å². The Hall–Kier alpha value is -0.320. The van der Waals surface area contributed by atoms with Gasteiger partial charge in [-0.05, 0) is 51.4 Å². The maximum Gasteiger partial charge on any atom is 0.162 e. The van der Waals surface area contributed by atoms with Crippen molar-refractivity contribution in [1.82, 2.24) is 0 Å². The molecule has 20 unspecified atom stereocenters. The smallest absolute Gasteiger partial charge is 0.162 e. The van der Waals surface area contributed by atoms with Crippen molar-refractivity contribution in [2.75, 3.05) is 7.11 Å². The van der Waals surface area contributed by atoms with E-state index < -0.39 is 0 Å². The van der Waals surface area contributed by atoms with E-state index in [1.165, 1.54) is 0 Å². The van der Waals surface area contributed by atoms with Crippen LogP contribution in [0, 0.1) is 53.3 Å². The van der Waals surface area contributed by atoms with Crippen molar-refractivity contribution >= 4 is 0 Å². The molecule has 0 bridgehead atoms. The lowest BCUT2D eigenvalue weighted by Gasteiger charge is -2.51. The van der Waals surface area contributed by atoms with Crippen LogP contribution in [-0.4, -0.2) is 75.0 Å². The van der Waals surface area contributed by atoms with Gasteiger partial charge in [0.05, 0.1) is 42.7 Å². The van der Waals surface area contributed by atoms with Gasteiger partial charge in [0.15, 0.2) is 25.2 Å². The third-order valence-electron chi connectivity index (χ3n) is 12.0. The minimum absolute atomic E-state index is 0.0200. The molecule has 0 aromatic heterocycles. The van der Waals surface area contributed by atoms with Crippen molar-refractivity contribution in [2.24, 2.45) is 53.3 Å². The van der Waals surface area contributed by atoms with E-state index in [2.05, 4.69) is 90.0 Å². The third-order valence-corrected chi connectivity index (χ3v) is 12.0. The molecule has 0 radical (unpaired) electrons. The van der Waals surface area contributed by atoms with Gasteiger partial charge >= 0.3 is 0 Å². The highest BCUT2D eigenvalue weighted by Gasteiger charge is 2.50. The zero-order chi connectivity index (χ0) is 31.2. The Balaban J connectivity index is 1.37. The monoisotopic (exact) mass is 598 g/mol. The minimum Gasteiger partial charge on any atom is -0.355 e. The van der Waals surface area contributed by atoms with Gasteiger partial charge in [0, 0.05) is 36.7 Å². The summed E-state index contributed by atoms with van der Waals surface area (Å²) < 4.78 is 51.3. The molecule has 246 valence electrons. The molecule has 0 aliphatic carbocycles. The number of ether oxygens (including phenoxy) is 8. The predicted molar refractivity (Wildman–Crippen MR) is 161 cm³/mol. The Morgan fingerprint density at radius 3 is 1.12 bits per heavy atom. The van der Waals surface area contributed by atoms with Crippen molar-refractivity contribution in [2.45, 2.75) is 158 Å². The highest BCUT2D eigenvalue weighted by Crippen LogP contribution is 2.43. The Morgan fingerprint density at radius 2 is 0.667 bits per heavy atom. The number of hydrogen-bond acceptors (Lipinski definition) is 8. The molecule has 0 aromatic rings. The van der Waals surface area contributed by atoms with Crippen LogP contribution in [-0.2, 0) is 37.9 Å². The highest BCUT2D eigenvalue weighted by atomic mass is 16.7. The Morgan fingerprint density at radius 1 is 0.310 bits per heavy atom. The molecule has 4 rings (SSSR count). The van der Waals surface area contributed by atoms with E-state index in [4.69, 9.17) is 37.9 Å². The first-order chi connectivity index (χ1) is 19.7. The van der Waals surface area contributed by atoms with Crippen molar-refractivity contribution < 1.29 is 37.9 Å². The number of rotatable bonds is 7. The van der Waals surface area contributed by atoms with Crippen molar-refractivity contribution in [3.8, 4) is 0 Å². The first-order valence-corrected chi connectivity index (χ1v) is 16.8. The summed E-state index contributed by atoms with van der Waals surface area (Å²) in [7, 11) is 1.70. The Kier molecular flexibility index (Phi) is 11.5. The zero-order valence-corrected chi connectivity index (χ0v) is 28.8. The van der Waals surface area contributed by atoms with Gasteiger partial charge in [-0.2, -0.15) is 0 Å². The van der Waals surface area contributed by atoms with E-state index in [9.17, 15) is 0 Å². The summed E-state index contributed by atoms with van der Waals surface area (Å²) in [4.78, 5) is 0. The summed E-state index contributed by atoms with van der Waals surface area (Å²) in [5, 5.41) is 0. The molecule has 4 aliphatic rings. The van der Waals surface area contributed by atoms with E-state index in [1.54, 1.807) is 7.11 Å². The lowest BCUT2D eigenvalue weighted by atomic mass is 9.79. The second-order valence-electron chi connectivity index (χ2n) is 14.6. The van der Waals surface area contributed by atoms with E-state index in [0.717, 1.165) is 0 Å². The van der Waals surface area contributed by atoms with E-state index >= 15 is 0 Å². The van der Waals surface area contributed by atoms with Gasteiger partial charge in [-0.15, -0.1) is 0 Å². The molecule has 0 amide bonds.